The Morgan fingerprint density at radius 3 is 2.55 bits per heavy atom. The monoisotopic (exact) mass is 446 g/mol. The number of carbonyl (C=O) groups excluding carboxylic acids is 2. The van der Waals surface area contributed by atoms with E-state index in [9.17, 15) is 9.59 Å². The molecule has 172 valence electrons. The third-order valence-corrected chi connectivity index (χ3v) is 5.85. The first-order valence-electron chi connectivity index (χ1n) is 11.2. The molecule has 1 aromatic heterocycles. The van der Waals surface area contributed by atoms with Crippen molar-refractivity contribution in [2.45, 2.75) is 6.92 Å². The Morgan fingerprint density at radius 2 is 1.79 bits per heavy atom. The van der Waals surface area contributed by atoms with Crippen LogP contribution in [0.25, 0.3) is 17.0 Å². The van der Waals surface area contributed by atoms with Crippen LogP contribution < -0.4 is 10.6 Å². The molecular weight excluding hydrogens is 416 g/mol. The van der Waals surface area contributed by atoms with Crippen molar-refractivity contribution >= 4 is 28.8 Å². The largest absolute Gasteiger partial charge is 0.379 e. The van der Waals surface area contributed by atoms with Crippen molar-refractivity contribution in [2.75, 3.05) is 39.4 Å². The summed E-state index contributed by atoms with van der Waals surface area (Å²) in [4.78, 5) is 28.3. The molecule has 0 saturated carbocycles. The second-order valence-electron chi connectivity index (χ2n) is 8.30. The van der Waals surface area contributed by atoms with E-state index in [1.54, 1.807) is 18.2 Å². The molecule has 33 heavy (non-hydrogen) atoms. The maximum Gasteiger partial charge on any atom is 0.267 e. The van der Waals surface area contributed by atoms with E-state index < -0.39 is 0 Å². The van der Waals surface area contributed by atoms with E-state index in [2.05, 4.69) is 15.5 Å². The Labute approximate surface area is 194 Å². The topological polar surface area (TPSA) is 75.6 Å². The summed E-state index contributed by atoms with van der Waals surface area (Å²) in [6.45, 7) is 6.35. The van der Waals surface area contributed by atoms with Gasteiger partial charge in [0.1, 0.15) is 5.70 Å². The van der Waals surface area contributed by atoms with Crippen molar-refractivity contribution in [1.29, 1.82) is 0 Å². The highest BCUT2D eigenvalue weighted by atomic mass is 16.5. The molecule has 1 fully saturated rings. The lowest BCUT2D eigenvalue weighted by molar-refractivity contribution is -0.117. The maximum atomic E-state index is 13.1. The molecule has 0 unspecified atom stereocenters. The van der Waals surface area contributed by atoms with E-state index >= 15 is 0 Å². The van der Waals surface area contributed by atoms with Crippen LogP contribution in [0.1, 0.15) is 21.5 Å². The summed E-state index contributed by atoms with van der Waals surface area (Å²) in [7, 11) is 1.96. The number of nitrogens with one attached hydrogen (secondary N) is 2. The number of hydrogen-bond acceptors (Lipinski definition) is 4. The lowest BCUT2D eigenvalue weighted by Gasteiger charge is -2.26. The van der Waals surface area contributed by atoms with Gasteiger partial charge in [-0.3, -0.25) is 14.5 Å². The molecule has 2 aromatic carbocycles. The molecule has 2 amide bonds. The molecule has 1 saturated heterocycles. The molecule has 3 aromatic rings. The number of benzene rings is 2. The van der Waals surface area contributed by atoms with Gasteiger partial charge >= 0.3 is 0 Å². The molecule has 0 atom stereocenters. The Kier molecular flexibility index (Phi) is 7.22. The fourth-order valence-corrected chi connectivity index (χ4v) is 3.95. The van der Waals surface area contributed by atoms with Crippen molar-refractivity contribution in [3.8, 4) is 0 Å². The number of carbonyl (C=O) groups is 2. The van der Waals surface area contributed by atoms with E-state index in [0.29, 0.717) is 25.3 Å². The molecule has 1 aliphatic heterocycles. The van der Waals surface area contributed by atoms with E-state index in [1.165, 1.54) is 0 Å². The molecule has 0 bridgehead atoms. The number of rotatable bonds is 7. The summed E-state index contributed by atoms with van der Waals surface area (Å²) in [5.41, 5.74) is 3.72. The summed E-state index contributed by atoms with van der Waals surface area (Å²) < 4.78 is 7.39. The normalized spacial score (nSPS) is 14.9. The zero-order chi connectivity index (χ0) is 23.2. The predicted octanol–water partition coefficient (Wildman–Crippen LogP) is 2.71. The van der Waals surface area contributed by atoms with Crippen LogP contribution in [0.4, 0.5) is 0 Å². The SMILES string of the molecule is Cc1ccc(C(=O)NC(=Cc2cn(C)c3ccccc23)C(=O)NCCN2CCOCC2)cc1. The van der Waals surface area contributed by atoms with Gasteiger partial charge < -0.3 is 19.9 Å². The Hall–Kier alpha value is -3.42. The van der Waals surface area contributed by atoms with Gasteiger partial charge in [0.15, 0.2) is 0 Å². The number of aromatic nitrogens is 1. The van der Waals surface area contributed by atoms with Crippen molar-refractivity contribution in [3.05, 3.63) is 77.1 Å². The number of ether oxygens (including phenoxy) is 1. The first-order chi connectivity index (χ1) is 16.0. The lowest BCUT2D eigenvalue weighted by atomic mass is 10.1. The standard InChI is InChI=1S/C26H30N4O3/c1-19-7-9-20(10-8-19)25(31)28-23(26(32)27-11-12-30-13-15-33-16-14-30)17-21-18-29(2)24-6-4-3-5-22(21)24/h3-10,17-18H,11-16H2,1-2H3,(H,27,32)(H,28,31). The van der Waals surface area contributed by atoms with Gasteiger partial charge in [-0.1, -0.05) is 35.9 Å². The highest BCUT2D eigenvalue weighted by Crippen LogP contribution is 2.22. The Balaban J connectivity index is 1.55. The number of morpholine rings is 1. The molecule has 0 spiro atoms. The quantitative estimate of drug-likeness (QED) is 0.548. The van der Waals surface area contributed by atoms with Crippen molar-refractivity contribution in [2.24, 2.45) is 7.05 Å². The van der Waals surface area contributed by atoms with E-state index in [1.807, 2.05) is 61.1 Å². The predicted molar refractivity (Wildman–Crippen MR) is 130 cm³/mol. The van der Waals surface area contributed by atoms with Crippen LogP contribution in [0.3, 0.4) is 0 Å². The van der Waals surface area contributed by atoms with Crippen LogP contribution in [0.15, 0.2) is 60.4 Å². The van der Waals surface area contributed by atoms with Gasteiger partial charge in [0.05, 0.1) is 13.2 Å². The first-order valence-corrected chi connectivity index (χ1v) is 11.2. The third-order valence-electron chi connectivity index (χ3n) is 5.85. The molecule has 0 radical (unpaired) electrons. The number of para-hydroxylation sites is 1. The number of nitrogens with zero attached hydrogens (tertiary/aromatic N) is 2. The van der Waals surface area contributed by atoms with Crippen LogP contribution in [-0.2, 0) is 16.6 Å². The van der Waals surface area contributed by atoms with Gasteiger partial charge in [-0.15, -0.1) is 0 Å². The number of hydrogen-bond donors (Lipinski definition) is 2. The number of fused-ring (bicyclic) bond motifs is 1. The van der Waals surface area contributed by atoms with Crippen molar-refractivity contribution < 1.29 is 14.3 Å². The molecule has 2 N–H and O–H groups in total. The van der Waals surface area contributed by atoms with Crippen LogP contribution in [0.5, 0.6) is 0 Å². The van der Waals surface area contributed by atoms with Crippen molar-refractivity contribution in [3.63, 3.8) is 0 Å². The number of amides is 2. The van der Waals surface area contributed by atoms with Gasteiger partial charge in [0.25, 0.3) is 11.8 Å². The van der Waals surface area contributed by atoms with Crippen LogP contribution in [0, 0.1) is 6.92 Å². The van der Waals surface area contributed by atoms with Gasteiger partial charge in [0.2, 0.25) is 0 Å². The Bertz CT molecular complexity index is 1160. The van der Waals surface area contributed by atoms with Gasteiger partial charge in [-0.05, 0) is 31.2 Å². The summed E-state index contributed by atoms with van der Waals surface area (Å²) in [5, 5.41) is 6.81. The maximum absolute atomic E-state index is 13.1. The second kappa shape index (κ2) is 10.5. The van der Waals surface area contributed by atoms with Gasteiger partial charge in [-0.2, -0.15) is 0 Å². The highest BCUT2D eigenvalue weighted by Gasteiger charge is 2.17. The molecule has 0 aliphatic carbocycles. The lowest BCUT2D eigenvalue weighted by Crippen LogP contribution is -2.42. The van der Waals surface area contributed by atoms with Gasteiger partial charge in [-0.25, -0.2) is 0 Å². The summed E-state index contributed by atoms with van der Waals surface area (Å²) in [6, 6.07) is 15.3. The fraction of sp³-hybridized carbons (Fsp3) is 0.308. The second-order valence-corrected chi connectivity index (χ2v) is 8.30. The van der Waals surface area contributed by atoms with Gasteiger partial charge in [0, 0.05) is 61.5 Å². The minimum absolute atomic E-state index is 0.221. The molecule has 7 heteroatoms. The fourth-order valence-electron chi connectivity index (χ4n) is 3.95. The summed E-state index contributed by atoms with van der Waals surface area (Å²) in [5.74, 6) is -0.624. The van der Waals surface area contributed by atoms with Crippen LogP contribution in [0.2, 0.25) is 0 Å². The number of aryl methyl sites for hydroxylation is 2. The molecule has 2 heterocycles. The zero-order valence-electron chi connectivity index (χ0n) is 19.1. The minimum Gasteiger partial charge on any atom is -0.379 e. The molecule has 4 rings (SSSR count). The Morgan fingerprint density at radius 1 is 1.06 bits per heavy atom. The molecular formula is C26H30N4O3. The summed E-state index contributed by atoms with van der Waals surface area (Å²) >= 11 is 0. The smallest absolute Gasteiger partial charge is 0.267 e. The van der Waals surface area contributed by atoms with E-state index in [0.717, 1.165) is 41.7 Å². The average Bonchev–Trinajstić information content (AvgIpc) is 3.15. The van der Waals surface area contributed by atoms with Crippen LogP contribution in [-0.4, -0.2) is 60.7 Å². The molecule has 1 aliphatic rings. The highest BCUT2D eigenvalue weighted by molar-refractivity contribution is 6.06. The third kappa shape index (κ3) is 5.69. The van der Waals surface area contributed by atoms with Crippen molar-refractivity contribution in [1.82, 2.24) is 20.1 Å². The zero-order valence-corrected chi connectivity index (χ0v) is 19.1. The molecule has 7 nitrogen and oxygen atoms in total. The van der Waals surface area contributed by atoms with Crippen LogP contribution >= 0.6 is 0 Å². The first kappa shape index (κ1) is 22.8. The average molecular weight is 447 g/mol. The minimum atomic E-state index is -0.315. The van der Waals surface area contributed by atoms with E-state index in [4.69, 9.17) is 4.74 Å². The summed E-state index contributed by atoms with van der Waals surface area (Å²) in [6.07, 6.45) is 3.71. The van der Waals surface area contributed by atoms with E-state index in [-0.39, 0.29) is 17.5 Å².